The molecule has 1 fully saturated rings. The molecular formula is C23H32N6O2S. The number of nitrogens with zero attached hydrogens (tertiary/aromatic N) is 5. The van der Waals surface area contributed by atoms with E-state index in [1.165, 1.54) is 6.33 Å². The number of hydrogen-bond donors (Lipinski definition) is 1. The number of piperidine rings is 1. The van der Waals surface area contributed by atoms with Crippen LogP contribution < -0.4 is 5.32 Å². The first-order valence-electron chi connectivity index (χ1n) is 11.2. The molecule has 0 spiro atoms. The second-order valence-electron chi connectivity index (χ2n) is 9.44. The molecule has 1 saturated heterocycles. The number of fused-ring (bicyclic) bond motifs is 1. The first-order valence-corrected chi connectivity index (χ1v) is 12.7. The maximum Gasteiger partial charge on any atom is 0.252 e. The van der Waals surface area contributed by atoms with Crippen LogP contribution in [0.4, 0.5) is 0 Å². The first-order chi connectivity index (χ1) is 15.2. The molecule has 8 nitrogen and oxygen atoms in total. The van der Waals surface area contributed by atoms with E-state index in [9.17, 15) is 8.42 Å². The highest BCUT2D eigenvalue weighted by molar-refractivity contribution is 7.89. The van der Waals surface area contributed by atoms with Crippen LogP contribution in [0.5, 0.6) is 0 Å². The van der Waals surface area contributed by atoms with Crippen LogP contribution in [0, 0.1) is 0 Å². The molecule has 1 aliphatic rings. The zero-order valence-corrected chi connectivity index (χ0v) is 19.8. The van der Waals surface area contributed by atoms with Gasteiger partial charge in [0.05, 0.1) is 4.90 Å². The lowest BCUT2D eigenvalue weighted by Crippen LogP contribution is -2.46. The summed E-state index contributed by atoms with van der Waals surface area (Å²) in [5, 5.41) is 7.46. The summed E-state index contributed by atoms with van der Waals surface area (Å²) in [5.41, 5.74) is 2.12. The van der Waals surface area contributed by atoms with Crippen LogP contribution in [-0.2, 0) is 21.9 Å². The standard InChI is InChI=1S/C23H32N6O2S/c1-23(2,3)19-6-8-21(9-7-19)32(30,31)29(20-10-12-24-13-11-20)14-4-5-18-15-25-22-26-17-27-28(22)16-18/h6-9,15-17,20,24H,4-5,10-14H2,1-3H3. The Bertz CT molecular complexity index is 1150. The van der Waals surface area contributed by atoms with Gasteiger partial charge in [-0.1, -0.05) is 32.9 Å². The molecule has 1 aliphatic heterocycles. The number of aryl methyl sites for hydroxylation is 1. The van der Waals surface area contributed by atoms with Gasteiger partial charge in [-0.15, -0.1) is 0 Å². The van der Waals surface area contributed by atoms with Crippen molar-refractivity contribution in [1.82, 2.24) is 29.2 Å². The fraction of sp³-hybridized carbons (Fsp3) is 0.522. The number of sulfonamides is 1. The Morgan fingerprint density at radius 2 is 1.84 bits per heavy atom. The van der Waals surface area contributed by atoms with Crippen LogP contribution in [0.25, 0.3) is 5.78 Å². The van der Waals surface area contributed by atoms with Crippen molar-refractivity contribution in [3.05, 3.63) is 54.1 Å². The van der Waals surface area contributed by atoms with Gasteiger partial charge in [-0.2, -0.15) is 14.4 Å². The van der Waals surface area contributed by atoms with Crippen molar-refractivity contribution in [2.24, 2.45) is 0 Å². The van der Waals surface area contributed by atoms with E-state index in [4.69, 9.17) is 0 Å². The lowest BCUT2D eigenvalue weighted by molar-refractivity contribution is 0.260. The van der Waals surface area contributed by atoms with E-state index >= 15 is 0 Å². The minimum Gasteiger partial charge on any atom is -0.317 e. The van der Waals surface area contributed by atoms with Gasteiger partial charge in [0.1, 0.15) is 6.33 Å². The molecule has 1 aromatic carbocycles. The topological polar surface area (TPSA) is 92.5 Å². The Labute approximate surface area is 190 Å². The van der Waals surface area contributed by atoms with Crippen molar-refractivity contribution in [3.63, 3.8) is 0 Å². The summed E-state index contributed by atoms with van der Waals surface area (Å²) in [4.78, 5) is 8.74. The average molecular weight is 457 g/mol. The van der Waals surface area contributed by atoms with Gasteiger partial charge < -0.3 is 5.32 Å². The van der Waals surface area contributed by atoms with Crippen molar-refractivity contribution in [3.8, 4) is 0 Å². The third-order valence-corrected chi connectivity index (χ3v) is 8.04. The lowest BCUT2D eigenvalue weighted by Gasteiger charge is -2.34. The number of rotatable bonds is 7. The van der Waals surface area contributed by atoms with Gasteiger partial charge in [0.2, 0.25) is 10.0 Å². The van der Waals surface area contributed by atoms with E-state index in [2.05, 4.69) is 41.2 Å². The second-order valence-corrected chi connectivity index (χ2v) is 11.3. The van der Waals surface area contributed by atoms with Crippen LogP contribution in [0.3, 0.4) is 0 Å². The van der Waals surface area contributed by atoms with Gasteiger partial charge >= 0.3 is 0 Å². The Morgan fingerprint density at radius 3 is 2.53 bits per heavy atom. The third-order valence-electron chi connectivity index (χ3n) is 6.07. The number of aromatic nitrogens is 4. The van der Waals surface area contributed by atoms with Crippen LogP contribution in [0.15, 0.2) is 47.9 Å². The lowest BCUT2D eigenvalue weighted by atomic mass is 9.87. The summed E-state index contributed by atoms with van der Waals surface area (Å²) in [6.07, 6.45) is 8.26. The second kappa shape index (κ2) is 9.25. The number of nitrogens with one attached hydrogen (secondary N) is 1. The van der Waals surface area contributed by atoms with Crippen molar-refractivity contribution < 1.29 is 8.42 Å². The Morgan fingerprint density at radius 1 is 1.12 bits per heavy atom. The summed E-state index contributed by atoms with van der Waals surface area (Å²) in [6.45, 7) is 8.54. The van der Waals surface area contributed by atoms with E-state index in [0.717, 1.165) is 43.5 Å². The maximum absolute atomic E-state index is 13.6. The summed E-state index contributed by atoms with van der Waals surface area (Å²) < 4.78 is 30.7. The summed E-state index contributed by atoms with van der Waals surface area (Å²) in [7, 11) is -3.58. The molecule has 3 aromatic rings. The van der Waals surface area contributed by atoms with Gasteiger partial charge in [-0.05, 0) is 67.4 Å². The molecule has 0 saturated carbocycles. The van der Waals surface area contributed by atoms with Crippen LogP contribution in [0.2, 0.25) is 0 Å². The average Bonchev–Trinajstić information content (AvgIpc) is 3.24. The monoisotopic (exact) mass is 456 g/mol. The molecule has 0 amide bonds. The molecule has 4 rings (SSSR count). The fourth-order valence-electron chi connectivity index (χ4n) is 4.18. The predicted molar refractivity (Wildman–Crippen MR) is 124 cm³/mol. The smallest absolute Gasteiger partial charge is 0.252 e. The van der Waals surface area contributed by atoms with E-state index < -0.39 is 10.0 Å². The molecule has 3 heterocycles. The highest BCUT2D eigenvalue weighted by Gasteiger charge is 2.32. The molecule has 172 valence electrons. The molecule has 0 bridgehead atoms. The van der Waals surface area contributed by atoms with E-state index in [1.807, 2.05) is 18.3 Å². The van der Waals surface area contributed by atoms with E-state index in [0.29, 0.717) is 23.6 Å². The molecule has 0 atom stereocenters. The van der Waals surface area contributed by atoms with E-state index in [1.54, 1.807) is 27.2 Å². The van der Waals surface area contributed by atoms with Gasteiger partial charge in [0, 0.05) is 25.0 Å². The van der Waals surface area contributed by atoms with Crippen LogP contribution >= 0.6 is 0 Å². The zero-order valence-electron chi connectivity index (χ0n) is 19.0. The fourth-order valence-corrected chi connectivity index (χ4v) is 5.91. The van der Waals surface area contributed by atoms with Gasteiger partial charge in [0.15, 0.2) is 0 Å². The van der Waals surface area contributed by atoms with Gasteiger partial charge in [-0.3, -0.25) is 0 Å². The van der Waals surface area contributed by atoms with Crippen molar-refractivity contribution >= 4 is 15.8 Å². The number of hydrogen-bond acceptors (Lipinski definition) is 6. The molecule has 9 heteroatoms. The van der Waals surface area contributed by atoms with Crippen molar-refractivity contribution in [2.45, 2.75) is 62.8 Å². The molecule has 32 heavy (non-hydrogen) atoms. The molecule has 0 radical (unpaired) electrons. The minimum absolute atomic E-state index is 0.0134. The minimum atomic E-state index is -3.58. The Hall–Kier alpha value is -2.36. The molecule has 0 aliphatic carbocycles. The van der Waals surface area contributed by atoms with Gasteiger partial charge in [0.25, 0.3) is 5.78 Å². The first kappa shape index (κ1) is 22.8. The molecule has 2 aromatic heterocycles. The summed E-state index contributed by atoms with van der Waals surface area (Å²) in [5.74, 6) is 0.561. The highest BCUT2D eigenvalue weighted by atomic mass is 32.2. The Kier molecular flexibility index (Phi) is 6.60. The molecule has 1 N–H and O–H groups in total. The highest BCUT2D eigenvalue weighted by Crippen LogP contribution is 2.27. The largest absolute Gasteiger partial charge is 0.317 e. The van der Waals surface area contributed by atoms with Crippen LogP contribution in [0.1, 0.15) is 51.2 Å². The van der Waals surface area contributed by atoms with Gasteiger partial charge in [-0.25, -0.2) is 17.9 Å². The number of benzene rings is 1. The Balaban J connectivity index is 1.52. The predicted octanol–water partition coefficient (Wildman–Crippen LogP) is 2.80. The normalized spacial score (nSPS) is 16.1. The van der Waals surface area contributed by atoms with E-state index in [-0.39, 0.29) is 11.5 Å². The maximum atomic E-state index is 13.6. The van der Waals surface area contributed by atoms with Crippen LogP contribution in [-0.4, -0.2) is 58.0 Å². The quantitative estimate of drug-likeness (QED) is 0.588. The van der Waals surface area contributed by atoms with Crippen molar-refractivity contribution in [1.29, 1.82) is 0 Å². The zero-order chi connectivity index (χ0) is 22.8. The third kappa shape index (κ3) is 5.00. The summed E-state index contributed by atoms with van der Waals surface area (Å²) >= 11 is 0. The van der Waals surface area contributed by atoms with Crippen molar-refractivity contribution in [2.75, 3.05) is 19.6 Å². The SMILES string of the molecule is CC(C)(C)c1ccc(S(=O)(=O)N(CCCc2cnc3ncnn3c2)C2CCNCC2)cc1. The molecule has 0 unspecified atom stereocenters. The summed E-state index contributed by atoms with van der Waals surface area (Å²) in [6, 6.07) is 7.40. The molecular weight excluding hydrogens is 424 g/mol.